The summed E-state index contributed by atoms with van der Waals surface area (Å²) in [5.74, 6) is 0.121. The van der Waals surface area contributed by atoms with Crippen molar-refractivity contribution in [3.05, 3.63) is 11.8 Å². The lowest BCUT2D eigenvalue weighted by Gasteiger charge is -2.13. The van der Waals surface area contributed by atoms with Gasteiger partial charge in [-0.1, -0.05) is 0 Å². The zero-order chi connectivity index (χ0) is 8.55. The van der Waals surface area contributed by atoms with Crippen LogP contribution in [0.5, 0.6) is 5.88 Å². The molecule has 12 heavy (non-hydrogen) atoms. The van der Waals surface area contributed by atoms with Crippen LogP contribution < -0.4 is 10.5 Å². The van der Waals surface area contributed by atoms with Crippen LogP contribution >= 0.6 is 0 Å². The highest BCUT2D eigenvalue weighted by atomic mass is 16.5. The van der Waals surface area contributed by atoms with E-state index >= 15 is 0 Å². The molecular formula is C7H11N3O2. The molecule has 0 fully saturated rings. The molecule has 0 radical (unpaired) electrons. The maximum Gasteiger partial charge on any atom is 0.269 e. The van der Waals surface area contributed by atoms with Gasteiger partial charge in [-0.15, -0.1) is 0 Å². The Morgan fingerprint density at radius 2 is 2.67 bits per heavy atom. The second kappa shape index (κ2) is 2.51. The summed E-state index contributed by atoms with van der Waals surface area (Å²) in [4.78, 5) is 10.7. The van der Waals surface area contributed by atoms with Crippen LogP contribution in [0.25, 0.3) is 0 Å². The number of primary amides is 1. The number of carbonyl (C=O) groups is 1. The average Bonchev–Trinajstić information content (AvgIpc) is 2.46. The molecule has 0 saturated heterocycles. The monoisotopic (exact) mass is 169 g/mol. The molecule has 0 spiro atoms. The SMILES string of the molecule is NC(=O)c1cc2n(n1)CCCO2.[HH]. The van der Waals surface area contributed by atoms with E-state index in [1.807, 2.05) is 0 Å². The summed E-state index contributed by atoms with van der Waals surface area (Å²) in [6, 6.07) is 1.57. The van der Waals surface area contributed by atoms with Gasteiger partial charge in [0.15, 0.2) is 5.69 Å². The summed E-state index contributed by atoms with van der Waals surface area (Å²) in [5.41, 5.74) is 5.33. The molecule has 2 N–H and O–H groups in total. The van der Waals surface area contributed by atoms with Crippen LogP contribution in [0.4, 0.5) is 0 Å². The normalized spacial score (nSPS) is 15.0. The summed E-state index contributed by atoms with van der Waals surface area (Å²) in [6.07, 6.45) is 0.923. The number of hydrogen-bond acceptors (Lipinski definition) is 3. The van der Waals surface area contributed by atoms with E-state index in [1.54, 1.807) is 10.7 Å². The molecule has 1 aliphatic rings. The van der Waals surface area contributed by atoms with Gasteiger partial charge in [-0.05, 0) is 0 Å². The molecule has 0 atom stereocenters. The minimum atomic E-state index is -0.513. The fourth-order valence-electron chi connectivity index (χ4n) is 1.19. The summed E-state index contributed by atoms with van der Waals surface area (Å²) in [5, 5.41) is 3.97. The van der Waals surface area contributed by atoms with Gasteiger partial charge in [-0.3, -0.25) is 4.79 Å². The molecule has 5 heteroatoms. The molecule has 1 aromatic heterocycles. The van der Waals surface area contributed by atoms with Crippen molar-refractivity contribution in [1.29, 1.82) is 0 Å². The Kier molecular flexibility index (Phi) is 1.49. The van der Waals surface area contributed by atoms with Gasteiger partial charge < -0.3 is 10.5 Å². The van der Waals surface area contributed by atoms with Crippen molar-refractivity contribution in [1.82, 2.24) is 9.78 Å². The molecule has 1 aromatic rings. The number of hydrogen-bond donors (Lipinski definition) is 1. The zero-order valence-electron chi connectivity index (χ0n) is 6.49. The molecule has 2 rings (SSSR count). The summed E-state index contributed by atoms with van der Waals surface area (Å²) in [7, 11) is 0. The molecule has 2 heterocycles. The molecule has 0 bridgehead atoms. The summed E-state index contributed by atoms with van der Waals surface area (Å²) >= 11 is 0. The first kappa shape index (κ1) is 7.15. The van der Waals surface area contributed by atoms with Crippen molar-refractivity contribution in [2.45, 2.75) is 13.0 Å². The number of carbonyl (C=O) groups excluding carboxylic acids is 1. The lowest BCUT2D eigenvalue weighted by molar-refractivity contribution is 0.0994. The first-order valence-electron chi connectivity index (χ1n) is 3.78. The molecule has 0 aromatic carbocycles. The predicted molar refractivity (Wildman–Crippen MR) is 43.0 cm³/mol. The number of fused-ring (bicyclic) bond motifs is 1. The minimum Gasteiger partial charge on any atom is -0.478 e. The first-order valence-corrected chi connectivity index (χ1v) is 3.78. The fraction of sp³-hybridized carbons (Fsp3) is 0.429. The van der Waals surface area contributed by atoms with Gasteiger partial charge in [0.1, 0.15) is 0 Å². The molecule has 0 aliphatic carbocycles. The van der Waals surface area contributed by atoms with Crippen LogP contribution in [0, 0.1) is 0 Å². The Labute approximate surface area is 70.6 Å². The Bertz CT molecular complexity index is 300. The Hall–Kier alpha value is -1.52. The first-order chi connectivity index (χ1) is 5.77. The zero-order valence-corrected chi connectivity index (χ0v) is 6.49. The molecular weight excluding hydrogens is 158 g/mol. The van der Waals surface area contributed by atoms with Crippen LogP contribution in [0.1, 0.15) is 18.3 Å². The number of rotatable bonds is 1. The Morgan fingerprint density at radius 1 is 1.83 bits per heavy atom. The van der Waals surface area contributed by atoms with E-state index in [0.717, 1.165) is 13.0 Å². The minimum absolute atomic E-state index is 0. The van der Waals surface area contributed by atoms with Crippen molar-refractivity contribution in [3.63, 3.8) is 0 Å². The second-order valence-corrected chi connectivity index (χ2v) is 2.66. The van der Waals surface area contributed by atoms with E-state index in [4.69, 9.17) is 10.5 Å². The Balaban J connectivity index is 0.000000845. The van der Waals surface area contributed by atoms with Crippen molar-refractivity contribution in [2.75, 3.05) is 6.61 Å². The molecule has 1 aliphatic heterocycles. The Morgan fingerprint density at radius 3 is 3.33 bits per heavy atom. The topological polar surface area (TPSA) is 70.1 Å². The van der Waals surface area contributed by atoms with Crippen LogP contribution in [-0.4, -0.2) is 22.3 Å². The third-order valence-electron chi connectivity index (χ3n) is 1.76. The van der Waals surface area contributed by atoms with Gasteiger partial charge in [0.05, 0.1) is 6.61 Å². The number of aromatic nitrogens is 2. The fourth-order valence-corrected chi connectivity index (χ4v) is 1.19. The summed E-state index contributed by atoms with van der Waals surface area (Å²) in [6.45, 7) is 1.48. The third-order valence-corrected chi connectivity index (χ3v) is 1.76. The van der Waals surface area contributed by atoms with Crippen molar-refractivity contribution >= 4 is 5.91 Å². The largest absolute Gasteiger partial charge is 0.478 e. The van der Waals surface area contributed by atoms with Gasteiger partial charge >= 0.3 is 0 Å². The standard InChI is InChI=1S/C7H9N3O2.H2/c8-7(11)5-4-6-10(9-5)2-1-3-12-6;/h4H,1-3H2,(H2,8,11);1H. The quantitative estimate of drug-likeness (QED) is 0.643. The van der Waals surface area contributed by atoms with Crippen LogP contribution in [0.2, 0.25) is 0 Å². The van der Waals surface area contributed by atoms with Crippen molar-refractivity contribution in [3.8, 4) is 5.88 Å². The second-order valence-electron chi connectivity index (χ2n) is 2.66. The van der Waals surface area contributed by atoms with Crippen LogP contribution in [0.3, 0.4) is 0 Å². The number of amides is 1. The maximum atomic E-state index is 10.7. The van der Waals surface area contributed by atoms with E-state index in [9.17, 15) is 4.79 Å². The van der Waals surface area contributed by atoms with Crippen LogP contribution in [0.15, 0.2) is 6.07 Å². The number of aryl methyl sites for hydroxylation is 1. The lowest BCUT2D eigenvalue weighted by atomic mass is 10.4. The van der Waals surface area contributed by atoms with E-state index in [2.05, 4.69) is 5.10 Å². The smallest absolute Gasteiger partial charge is 0.269 e. The van der Waals surface area contributed by atoms with Gasteiger partial charge in [0.2, 0.25) is 5.88 Å². The molecule has 0 unspecified atom stereocenters. The van der Waals surface area contributed by atoms with Gasteiger partial charge in [0, 0.05) is 20.5 Å². The van der Waals surface area contributed by atoms with Gasteiger partial charge in [-0.25, -0.2) is 4.68 Å². The highest BCUT2D eigenvalue weighted by molar-refractivity contribution is 5.91. The van der Waals surface area contributed by atoms with Crippen molar-refractivity contribution in [2.24, 2.45) is 5.73 Å². The average molecular weight is 169 g/mol. The molecule has 5 nitrogen and oxygen atoms in total. The molecule has 1 amide bonds. The predicted octanol–water partition coefficient (Wildman–Crippen LogP) is 0.0105. The van der Waals surface area contributed by atoms with Gasteiger partial charge in [-0.2, -0.15) is 5.10 Å². The van der Waals surface area contributed by atoms with E-state index in [1.165, 1.54) is 0 Å². The maximum absolute atomic E-state index is 10.7. The highest BCUT2D eigenvalue weighted by Gasteiger charge is 2.15. The van der Waals surface area contributed by atoms with E-state index in [-0.39, 0.29) is 7.12 Å². The molecule has 66 valence electrons. The lowest BCUT2D eigenvalue weighted by Crippen LogP contribution is -2.15. The number of nitrogens with two attached hydrogens (primary N) is 1. The van der Waals surface area contributed by atoms with E-state index < -0.39 is 5.91 Å². The third kappa shape index (κ3) is 1.03. The van der Waals surface area contributed by atoms with E-state index in [0.29, 0.717) is 12.5 Å². The van der Waals surface area contributed by atoms with Crippen molar-refractivity contribution < 1.29 is 11.0 Å². The summed E-state index contributed by atoms with van der Waals surface area (Å²) < 4.78 is 6.90. The molecule has 0 saturated carbocycles. The van der Waals surface area contributed by atoms with Crippen LogP contribution in [-0.2, 0) is 6.54 Å². The van der Waals surface area contributed by atoms with Gasteiger partial charge in [0.25, 0.3) is 5.91 Å². The highest BCUT2D eigenvalue weighted by Crippen LogP contribution is 2.17. The number of ether oxygens (including phenoxy) is 1. The number of nitrogens with zero attached hydrogens (tertiary/aromatic N) is 2.